The molecule has 4 fully saturated rings. The summed E-state index contributed by atoms with van der Waals surface area (Å²) in [7, 11) is 1.77. The first kappa shape index (κ1) is 19.0. The number of piperidine rings is 1. The highest BCUT2D eigenvalue weighted by Gasteiger charge is 2.75. The van der Waals surface area contributed by atoms with E-state index in [1.54, 1.807) is 7.11 Å². The Balaban J connectivity index is 1.31. The van der Waals surface area contributed by atoms with Gasteiger partial charge in [-0.05, 0) is 91.3 Å². The summed E-state index contributed by atoms with van der Waals surface area (Å²) >= 11 is 0. The van der Waals surface area contributed by atoms with Gasteiger partial charge in [-0.3, -0.25) is 0 Å². The van der Waals surface area contributed by atoms with Crippen LogP contribution in [0.25, 0.3) is 0 Å². The number of ether oxygens (including phenoxy) is 2. The Morgan fingerprint density at radius 3 is 2.84 bits per heavy atom. The summed E-state index contributed by atoms with van der Waals surface area (Å²) in [5.74, 6) is 2.65. The monoisotopic (exact) mass is 430 g/mol. The lowest BCUT2D eigenvalue weighted by Gasteiger charge is -2.64. The molecule has 0 spiro atoms. The molecule has 4 bridgehead atoms. The van der Waals surface area contributed by atoms with Crippen molar-refractivity contribution in [3.8, 4) is 11.5 Å². The van der Waals surface area contributed by atoms with Crippen molar-refractivity contribution in [1.82, 2.24) is 10.2 Å². The first-order valence-electron chi connectivity index (χ1n) is 12.1. The molecule has 2 saturated heterocycles. The second-order valence-electron chi connectivity index (χ2n) is 10.5. The zero-order chi connectivity index (χ0) is 21.5. The molecule has 1 N–H and O–H groups in total. The Labute approximate surface area is 189 Å². The molecule has 7 rings (SSSR count). The second kappa shape index (κ2) is 6.50. The third kappa shape index (κ3) is 2.20. The lowest BCUT2D eigenvalue weighted by molar-refractivity contribution is -0.0448. The van der Waals surface area contributed by atoms with Gasteiger partial charge in [0.2, 0.25) is 0 Å². The Hall–Kier alpha value is -2.53. The van der Waals surface area contributed by atoms with E-state index in [0.29, 0.717) is 29.0 Å². The predicted octanol–water partition coefficient (Wildman–Crippen LogP) is 4.15. The van der Waals surface area contributed by atoms with Gasteiger partial charge >= 0.3 is 6.09 Å². The van der Waals surface area contributed by atoms with E-state index in [2.05, 4.69) is 28.4 Å². The maximum Gasteiger partial charge on any atom is 0.415 e. The number of carbonyl (C=O) groups excluding carboxylic acids is 1. The highest BCUT2D eigenvalue weighted by Crippen LogP contribution is 2.74. The third-order valence-corrected chi connectivity index (χ3v) is 9.71. The van der Waals surface area contributed by atoms with Crippen LogP contribution < -0.4 is 14.8 Å². The average Bonchev–Trinajstić information content (AvgIpc) is 3.26. The molecule has 3 aliphatic carbocycles. The summed E-state index contributed by atoms with van der Waals surface area (Å²) in [5.41, 5.74) is 3.45. The van der Waals surface area contributed by atoms with Gasteiger partial charge in [-0.2, -0.15) is 0 Å². The van der Waals surface area contributed by atoms with Gasteiger partial charge in [0, 0.05) is 24.0 Å². The number of amides is 1. The second-order valence-corrected chi connectivity index (χ2v) is 10.5. The van der Waals surface area contributed by atoms with E-state index in [1.165, 1.54) is 24.0 Å². The molecule has 2 unspecified atom stereocenters. The molecular formula is C27H30N2O3. The summed E-state index contributed by atoms with van der Waals surface area (Å²) in [6.45, 7) is 1.89. The molecule has 5 heteroatoms. The standard InChI is InChI=1S/C27H30N2O3/c1-31-20-8-7-17-13-23-26-10-9-22-24(27(26,11-12-28-23)21(17)14-20)18(15-26)16-29(22)25(30)32-19-5-3-2-4-6-19/h2-8,14,18,22-24,28H,9-13,15-16H2,1H3/t18-,22?,23-,24?,26-,27+/m1/s1. The van der Waals surface area contributed by atoms with Crippen molar-refractivity contribution in [3.05, 3.63) is 59.7 Å². The Bertz CT molecular complexity index is 1090. The molecule has 0 aromatic heterocycles. The van der Waals surface area contributed by atoms with Crippen LogP contribution in [0, 0.1) is 17.3 Å². The van der Waals surface area contributed by atoms with Crippen LogP contribution in [0.4, 0.5) is 4.79 Å². The number of hydrogen-bond acceptors (Lipinski definition) is 4. The van der Waals surface area contributed by atoms with Crippen LogP contribution in [0.3, 0.4) is 0 Å². The van der Waals surface area contributed by atoms with Crippen LogP contribution in [0.5, 0.6) is 11.5 Å². The number of rotatable bonds is 2. The molecule has 0 radical (unpaired) electrons. The molecule has 2 saturated carbocycles. The lowest BCUT2D eigenvalue weighted by atomic mass is 9.44. The Kier molecular flexibility index (Phi) is 3.86. The van der Waals surface area contributed by atoms with Crippen molar-refractivity contribution in [1.29, 1.82) is 0 Å². The van der Waals surface area contributed by atoms with Gasteiger partial charge < -0.3 is 19.7 Å². The largest absolute Gasteiger partial charge is 0.497 e. The lowest BCUT2D eigenvalue weighted by Crippen LogP contribution is -2.69. The summed E-state index contributed by atoms with van der Waals surface area (Å²) in [4.78, 5) is 15.4. The molecule has 32 heavy (non-hydrogen) atoms. The number of likely N-dealkylation sites (tertiary alicyclic amines) is 1. The smallest absolute Gasteiger partial charge is 0.415 e. The van der Waals surface area contributed by atoms with Gasteiger partial charge in [0.15, 0.2) is 0 Å². The molecule has 6 atom stereocenters. The molecule has 2 aromatic carbocycles. The van der Waals surface area contributed by atoms with Crippen LogP contribution in [0.15, 0.2) is 48.5 Å². The molecule has 5 aliphatic rings. The number of fused-ring (bicyclic) bond motifs is 1. The Morgan fingerprint density at radius 2 is 2.00 bits per heavy atom. The van der Waals surface area contributed by atoms with Gasteiger partial charge in [-0.25, -0.2) is 4.79 Å². The molecule has 166 valence electrons. The molecule has 2 heterocycles. The van der Waals surface area contributed by atoms with Crippen LogP contribution in [-0.2, 0) is 11.8 Å². The zero-order valence-electron chi connectivity index (χ0n) is 18.5. The summed E-state index contributed by atoms with van der Waals surface area (Å²) < 4.78 is 11.5. The topological polar surface area (TPSA) is 50.8 Å². The van der Waals surface area contributed by atoms with E-state index in [1.807, 2.05) is 30.3 Å². The number of methoxy groups -OCH3 is 1. The van der Waals surface area contributed by atoms with E-state index in [-0.39, 0.29) is 17.6 Å². The minimum atomic E-state index is -0.174. The average molecular weight is 431 g/mol. The maximum atomic E-state index is 13.3. The van der Waals surface area contributed by atoms with Gasteiger partial charge in [0.05, 0.1) is 7.11 Å². The SMILES string of the molecule is COc1ccc2c(c1)[C@]13CCN[C@H](C2)[C@]12CCC1C3[C@@H](CN1C(=O)Oc1ccccc1)C2. The number of para-hydroxylation sites is 1. The van der Waals surface area contributed by atoms with E-state index >= 15 is 0 Å². The molecular weight excluding hydrogens is 400 g/mol. The van der Waals surface area contributed by atoms with Crippen LogP contribution in [0.1, 0.15) is 36.8 Å². The zero-order valence-corrected chi connectivity index (χ0v) is 18.5. The fraction of sp³-hybridized carbons (Fsp3) is 0.519. The third-order valence-electron chi connectivity index (χ3n) is 9.71. The fourth-order valence-electron chi connectivity index (χ4n) is 8.87. The van der Waals surface area contributed by atoms with Crippen molar-refractivity contribution in [3.63, 3.8) is 0 Å². The van der Waals surface area contributed by atoms with Crippen molar-refractivity contribution in [2.75, 3.05) is 20.2 Å². The quantitative estimate of drug-likeness (QED) is 0.778. The summed E-state index contributed by atoms with van der Waals surface area (Å²) in [6.07, 6.45) is 5.59. The number of nitrogens with zero attached hydrogens (tertiary/aromatic N) is 1. The molecule has 1 amide bonds. The van der Waals surface area contributed by atoms with Crippen molar-refractivity contribution in [2.45, 2.75) is 49.6 Å². The molecule has 5 nitrogen and oxygen atoms in total. The number of nitrogens with one attached hydrogen (secondary N) is 1. The van der Waals surface area contributed by atoms with Crippen molar-refractivity contribution < 1.29 is 14.3 Å². The maximum absolute atomic E-state index is 13.3. The summed E-state index contributed by atoms with van der Waals surface area (Å²) in [6, 6.07) is 17.1. The minimum Gasteiger partial charge on any atom is -0.497 e. The van der Waals surface area contributed by atoms with Crippen LogP contribution in [-0.4, -0.2) is 43.3 Å². The first-order chi connectivity index (χ1) is 15.7. The highest BCUT2D eigenvalue weighted by molar-refractivity contribution is 5.72. The van der Waals surface area contributed by atoms with Crippen LogP contribution >= 0.6 is 0 Å². The highest BCUT2D eigenvalue weighted by atomic mass is 16.6. The Morgan fingerprint density at radius 1 is 1.12 bits per heavy atom. The first-order valence-corrected chi connectivity index (χ1v) is 12.1. The van der Waals surface area contributed by atoms with Gasteiger partial charge in [0.1, 0.15) is 11.5 Å². The molecule has 2 aromatic rings. The van der Waals surface area contributed by atoms with E-state index in [9.17, 15) is 4.79 Å². The van der Waals surface area contributed by atoms with Crippen molar-refractivity contribution in [2.24, 2.45) is 17.3 Å². The van der Waals surface area contributed by atoms with E-state index < -0.39 is 0 Å². The van der Waals surface area contributed by atoms with Gasteiger partial charge in [-0.1, -0.05) is 24.3 Å². The fourth-order valence-corrected chi connectivity index (χ4v) is 8.87. The van der Waals surface area contributed by atoms with Crippen LogP contribution in [0.2, 0.25) is 0 Å². The number of benzene rings is 2. The minimum absolute atomic E-state index is 0.139. The van der Waals surface area contributed by atoms with E-state index in [0.717, 1.165) is 38.1 Å². The van der Waals surface area contributed by atoms with Gasteiger partial charge in [-0.15, -0.1) is 0 Å². The molecule has 2 aliphatic heterocycles. The number of hydrogen-bond donors (Lipinski definition) is 1. The van der Waals surface area contributed by atoms with Crippen molar-refractivity contribution >= 4 is 6.09 Å². The predicted molar refractivity (Wildman–Crippen MR) is 121 cm³/mol. The normalized spacial score (nSPS) is 38.1. The van der Waals surface area contributed by atoms with Gasteiger partial charge in [0.25, 0.3) is 0 Å². The summed E-state index contributed by atoms with van der Waals surface area (Å²) in [5, 5.41) is 3.92. The number of carbonyl (C=O) groups is 1. The van der Waals surface area contributed by atoms with E-state index in [4.69, 9.17) is 9.47 Å².